The van der Waals surface area contributed by atoms with Gasteiger partial charge in [0.1, 0.15) is 10.6 Å². The summed E-state index contributed by atoms with van der Waals surface area (Å²) in [6.45, 7) is 4.99. The lowest BCUT2D eigenvalue weighted by Crippen LogP contribution is -2.40. The van der Waals surface area contributed by atoms with Crippen LogP contribution in [-0.4, -0.2) is 60.8 Å². The van der Waals surface area contributed by atoms with E-state index >= 15 is 0 Å². The molecule has 176 valence electrons. The van der Waals surface area contributed by atoms with Crippen molar-refractivity contribution in [2.75, 3.05) is 50.0 Å². The number of rotatable bonds is 6. The van der Waals surface area contributed by atoms with Gasteiger partial charge in [0.25, 0.3) is 0 Å². The van der Waals surface area contributed by atoms with E-state index in [1.165, 1.54) is 5.56 Å². The summed E-state index contributed by atoms with van der Waals surface area (Å²) in [4.78, 5) is 14.8. The molecule has 3 aromatic rings. The van der Waals surface area contributed by atoms with Gasteiger partial charge >= 0.3 is 6.18 Å². The molecule has 2 aromatic heterocycles. The monoisotopic (exact) mass is 475 g/mol. The van der Waals surface area contributed by atoms with Crippen molar-refractivity contribution < 1.29 is 13.2 Å². The van der Waals surface area contributed by atoms with Crippen molar-refractivity contribution in [3.8, 4) is 0 Å². The maximum Gasteiger partial charge on any atom is 0.393 e. The smallest absolute Gasteiger partial charge is 0.357 e. The first-order valence-electron chi connectivity index (χ1n) is 11.4. The number of fused-ring (bicyclic) bond motifs is 2. The lowest BCUT2D eigenvalue weighted by Gasteiger charge is -2.34. The zero-order valence-electron chi connectivity index (χ0n) is 18.6. The van der Waals surface area contributed by atoms with Crippen molar-refractivity contribution in [3.05, 3.63) is 46.8 Å². The van der Waals surface area contributed by atoms with Crippen LogP contribution >= 0.6 is 11.3 Å². The summed E-state index contributed by atoms with van der Waals surface area (Å²) in [5, 5.41) is 3.70. The van der Waals surface area contributed by atoms with E-state index in [1.807, 2.05) is 6.07 Å². The second-order valence-electron chi connectivity index (χ2n) is 9.09. The van der Waals surface area contributed by atoms with Crippen LogP contribution in [0.4, 0.5) is 24.9 Å². The number of benzene rings is 1. The van der Waals surface area contributed by atoms with E-state index in [0.717, 1.165) is 68.1 Å². The molecule has 2 aliphatic rings. The number of aromatic nitrogens is 2. The average Bonchev–Trinajstić information content (AvgIpc) is 3.39. The predicted molar refractivity (Wildman–Crippen MR) is 127 cm³/mol. The van der Waals surface area contributed by atoms with Gasteiger partial charge in [-0.15, -0.1) is 11.3 Å². The van der Waals surface area contributed by atoms with E-state index in [2.05, 4.69) is 49.4 Å². The summed E-state index contributed by atoms with van der Waals surface area (Å²) in [6, 6.07) is 12.2. The SMILES string of the molecule is CNc1nc(N2CC3CCN(CCc4ccccc4)CC3C2)c2cc(CC(F)(F)F)sc2n1. The first-order chi connectivity index (χ1) is 15.9. The average molecular weight is 476 g/mol. The van der Waals surface area contributed by atoms with Gasteiger partial charge in [0.05, 0.1) is 11.8 Å². The zero-order valence-corrected chi connectivity index (χ0v) is 19.4. The molecule has 0 saturated carbocycles. The highest BCUT2D eigenvalue weighted by molar-refractivity contribution is 7.18. The molecule has 1 aromatic carbocycles. The lowest BCUT2D eigenvalue weighted by molar-refractivity contribution is -0.126. The van der Waals surface area contributed by atoms with Gasteiger partial charge in [-0.2, -0.15) is 18.2 Å². The number of thiophene rings is 1. The molecule has 0 bridgehead atoms. The number of halogens is 3. The third kappa shape index (κ3) is 5.09. The second-order valence-corrected chi connectivity index (χ2v) is 10.2. The van der Waals surface area contributed by atoms with Crippen LogP contribution in [0.15, 0.2) is 36.4 Å². The van der Waals surface area contributed by atoms with Gasteiger partial charge in [0.2, 0.25) is 5.95 Å². The number of anilines is 2. The highest BCUT2D eigenvalue weighted by Gasteiger charge is 2.38. The normalized spacial score (nSPS) is 21.5. The Morgan fingerprint density at radius 2 is 1.88 bits per heavy atom. The minimum absolute atomic E-state index is 0.282. The van der Waals surface area contributed by atoms with E-state index < -0.39 is 12.6 Å². The van der Waals surface area contributed by atoms with Crippen LogP contribution in [0, 0.1) is 11.8 Å². The molecule has 1 N–H and O–H groups in total. The van der Waals surface area contributed by atoms with Crippen molar-refractivity contribution in [2.45, 2.75) is 25.4 Å². The van der Waals surface area contributed by atoms with Gasteiger partial charge < -0.3 is 15.1 Å². The molecule has 2 unspecified atom stereocenters. The molecule has 33 heavy (non-hydrogen) atoms. The Bertz CT molecular complexity index is 1100. The third-order valence-electron chi connectivity index (χ3n) is 6.77. The highest BCUT2D eigenvalue weighted by atomic mass is 32.1. The van der Waals surface area contributed by atoms with Gasteiger partial charge in [-0.25, -0.2) is 4.98 Å². The number of nitrogens with zero attached hydrogens (tertiary/aromatic N) is 4. The summed E-state index contributed by atoms with van der Waals surface area (Å²) < 4.78 is 38.9. The largest absolute Gasteiger partial charge is 0.393 e. The van der Waals surface area contributed by atoms with Crippen molar-refractivity contribution in [2.24, 2.45) is 11.8 Å². The maximum atomic E-state index is 13.0. The Kier molecular flexibility index (Phi) is 6.18. The minimum Gasteiger partial charge on any atom is -0.357 e. The Morgan fingerprint density at radius 1 is 1.09 bits per heavy atom. The molecule has 2 aliphatic heterocycles. The minimum atomic E-state index is -4.23. The predicted octanol–water partition coefficient (Wildman–Crippen LogP) is 4.84. The molecule has 2 fully saturated rings. The molecule has 2 atom stereocenters. The van der Waals surface area contributed by atoms with E-state index in [4.69, 9.17) is 0 Å². The number of alkyl halides is 3. The third-order valence-corrected chi connectivity index (χ3v) is 7.80. The molecule has 0 spiro atoms. The molecule has 0 aliphatic carbocycles. The molecular weight excluding hydrogens is 447 g/mol. The lowest BCUT2D eigenvalue weighted by atomic mass is 9.88. The Morgan fingerprint density at radius 3 is 2.64 bits per heavy atom. The van der Waals surface area contributed by atoms with Crippen LogP contribution in [0.5, 0.6) is 0 Å². The number of nitrogens with one attached hydrogen (secondary N) is 1. The van der Waals surface area contributed by atoms with Crippen molar-refractivity contribution in [1.29, 1.82) is 0 Å². The maximum absolute atomic E-state index is 13.0. The van der Waals surface area contributed by atoms with Crippen LogP contribution in [-0.2, 0) is 12.8 Å². The standard InChI is InChI=1S/C24H28F3N5S/c1-28-23-29-21(20-11-19(12-24(25,26)27)33-22(20)30-23)32-14-17-8-10-31(13-18(17)15-32)9-7-16-5-3-2-4-6-16/h2-6,11,17-18H,7-10,12-15H2,1H3,(H,28,29,30). The fraction of sp³-hybridized carbons (Fsp3) is 0.500. The number of hydrogen-bond donors (Lipinski definition) is 1. The molecular formula is C24H28F3N5S. The Labute approximate surface area is 195 Å². The summed E-state index contributed by atoms with van der Waals surface area (Å²) >= 11 is 1.11. The summed E-state index contributed by atoms with van der Waals surface area (Å²) in [5.74, 6) is 2.36. The van der Waals surface area contributed by atoms with Crippen molar-refractivity contribution in [1.82, 2.24) is 14.9 Å². The van der Waals surface area contributed by atoms with Crippen LogP contribution in [0.2, 0.25) is 0 Å². The van der Waals surface area contributed by atoms with Gasteiger partial charge in [0.15, 0.2) is 0 Å². The molecule has 9 heteroatoms. The zero-order chi connectivity index (χ0) is 23.0. The van der Waals surface area contributed by atoms with Crippen LogP contribution in [0.1, 0.15) is 16.9 Å². The fourth-order valence-corrected chi connectivity index (χ4v) is 6.20. The van der Waals surface area contributed by atoms with Crippen LogP contribution in [0.25, 0.3) is 10.2 Å². The molecule has 5 rings (SSSR count). The molecule has 0 amide bonds. The Balaban J connectivity index is 1.31. The molecule has 2 saturated heterocycles. The highest BCUT2D eigenvalue weighted by Crippen LogP contribution is 2.39. The van der Waals surface area contributed by atoms with Crippen molar-refractivity contribution >= 4 is 33.3 Å². The number of piperidine rings is 1. The van der Waals surface area contributed by atoms with Crippen LogP contribution < -0.4 is 10.2 Å². The van der Waals surface area contributed by atoms with Crippen LogP contribution in [0.3, 0.4) is 0 Å². The summed E-state index contributed by atoms with van der Waals surface area (Å²) in [7, 11) is 1.74. The second kappa shape index (κ2) is 9.10. The first kappa shape index (κ1) is 22.4. The number of hydrogen-bond acceptors (Lipinski definition) is 6. The van der Waals surface area contributed by atoms with E-state index in [9.17, 15) is 13.2 Å². The van der Waals surface area contributed by atoms with E-state index in [0.29, 0.717) is 22.6 Å². The molecule has 4 heterocycles. The van der Waals surface area contributed by atoms with Gasteiger partial charge in [-0.1, -0.05) is 30.3 Å². The van der Waals surface area contributed by atoms with Gasteiger partial charge in [0, 0.05) is 38.1 Å². The molecule has 0 radical (unpaired) electrons. The molecule has 5 nitrogen and oxygen atoms in total. The summed E-state index contributed by atoms with van der Waals surface area (Å²) in [6.07, 6.45) is -2.96. The van der Waals surface area contributed by atoms with Crippen molar-refractivity contribution in [3.63, 3.8) is 0 Å². The quantitative estimate of drug-likeness (QED) is 0.553. The fourth-order valence-electron chi connectivity index (χ4n) is 5.15. The van der Waals surface area contributed by atoms with Gasteiger partial charge in [-0.05, 0) is 42.9 Å². The van der Waals surface area contributed by atoms with Gasteiger partial charge in [-0.3, -0.25) is 0 Å². The summed E-state index contributed by atoms with van der Waals surface area (Å²) in [5.41, 5.74) is 1.36. The van der Waals surface area contributed by atoms with E-state index in [-0.39, 0.29) is 4.88 Å². The Hall–Kier alpha value is -2.39. The number of likely N-dealkylation sites (tertiary alicyclic amines) is 1. The first-order valence-corrected chi connectivity index (χ1v) is 12.3. The van der Waals surface area contributed by atoms with E-state index in [1.54, 1.807) is 13.1 Å². The topological polar surface area (TPSA) is 44.3 Å².